The highest BCUT2D eigenvalue weighted by Gasteiger charge is 2.25. The minimum Gasteiger partial charge on any atom is -0.478 e. The maximum atomic E-state index is 12.8. The highest BCUT2D eigenvalue weighted by Crippen LogP contribution is 2.14. The monoisotopic (exact) mass is 346 g/mol. The van der Waals surface area contributed by atoms with Gasteiger partial charge < -0.3 is 14.9 Å². The minimum absolute atomic E-state index is 0.0216. The number of carboxylic acids is 1. The molecule has 25 heavy (non-hydrogen) atoms. The average Bonchev–Trinajstić information content (AvgIpc) is 2.88. The Morgan fingerprint density at radius 1 is 1.08 bits per heavy atom. The molecule has 2 rings (SSSR count). The molecule has 1 aliphatic rings. The Hall–Kier alpha value is -2.37. The van der Waals surface area contributed by atoms with Crippen molar-refractivity contribution >= 4 is 17.8 Å². The van der Waals surface area contributed by atoms with Gasteiger partial charge in [0.05, 0.1) is 5.56 Å². The van der Waals surface area contributed by atoms with Crippen LogP contribution in [0.4, 0.5) is 0 Å². The zero-order valence-corrected chi connectivity index (χ0v) is 14.9. The third-order valence-electron chi connectivity index (χ3n) is 4.51. The van der Waals surface area contributed by atoms with Gasteiger partial charge in [-0.1, -0.05) is 18.9 Å². The van der Waals surface area contributed by atoms with E-state index in [4.69, 9.17) is 5.11 Å². The molecule has 1 N–H and O–H groups in total. The molecule has 6 nitrogen and oxygen atoms in total. The molecule has 0 bridgehead atoms. The molecule has 2 amide bonds. The predicted molar refractivity (Wildman–Crippen MR) is 94.6 cm³/mol. The van der Waals surface area contributed by atoms with E-state index in [-0.39, 0.29) is 35.5 Å². The van der Waals surface area contributed by atoms with Crippen LogP contribution in [0.3, 0.4) is 0 Å². The molecule has 0 saturated carbocycles. The van der Waals surface area contributed by atoms with Gasteiger partial charge >= 0.3 is 5.97 Å². The Labute approximate surface area is 148 Å². The number of carbonyl (C=O) groups excluding carboxylic acids is 2. The van der Waals surface area contributed by atoms with Crippen molar-refractivity contribution in [1.29, 1.82) is 0 Å². The van der Waals surface area contributed by atoms with E-state index in [2.05, 4.69) is 0 Å². The van der Waals surface area contributed by atoms with Crippen LogP contribution in [0.2, 0.25) is 0 Å². The number of rotatable bonds is 5. The summed E-state index contributed by atoms with van der Waals surface area (Å²) in [6.45, 7) is 5.22. The lowest BCUT2D eigenvalue weighted by molar-refractivity contribution is -0.132. The molecule has 0 spiro atoms. The van der Waals surface area contributed by atoms with E-state index in [1.165, 1.54) is 17.0 Å². The van der Waals surface area contributed by atoms with Crippen molar-refractivity contribution < 1.29 is 19.5 Å². The summed E-state index contributed by atoms with van der Waals surface area (Å²) in [5, 5.41) is 9.10. The maximum absolute atomic E-state index is 12.8. The van der Waals surface area contributed by atoms with Crippen LogP contribution in [0.1, 0.15) is 60.2 Å². The maximum Gasteiger partial charge on any atom is 0.335 e. The molecule has 0 aromatic heterocycles. The molecule has 136 valence electrons. The molecule has 6 heteroatoms. The minimum atomic E-state index is -1.08. The second-order valence-corrected chi connectivity index (χ2v) is 6.71. The van der Waals surface area contributed by atoms with E-state index < -0.39 is 5.97 Å². The second kappa shape index (κ2) is 8.65. The van der Waals surface area contributed by atoms with Crippen molar-refractivity contribution in [3.8, 4) is 0 Å². The lowest BCUT2D eigenvalue weighted by Crippen LogP contribution is -2.46. The molecule has 1 aromatic rings. The number of aromatic carboxylic acids is 1. The molecule has 0 radical (unpaired) electrons. The summed E-state index contributed by atoms with van der Waals surface area (Å²) >= 11 is 0. The smallest absolute Gasteiger partial charge is 0.335 e. The number of likely N-dealkylation sites (tertiary alicyclic amines) is 1. The van der Waals surface area contributed by atoms with Gasteiger partial charge in [-0.05, 0) is 44.9 Å². The molecular weight excluding hydrogens is 320 g/mol. The summed E-state index contributed by atoms with van der Waals surface area (Å²) in [6, 6.07) is 5.78. The Morgan fingerprint density at radius 3 is 2.24 bits per heavy atom. The van der Waals surface area contributed by atoms with Gasteiger partial charge in [0.25, 0.3) is 5.91 Å². The first-order valence-electron chi connectivity index (χ1n) is 8.82. The molecule has 1 saturated heterocycles. The number of hydrogen-bond donors (Lipinski definition) is 1. The first kappa shape index (κ1) is 19.0. The quantitative estimate of drug-likeness (QED) is 0.889. The van der Waals surface area contributed by atoms with Crippen molar-refractivity contribution in [3.63, 3.8) is 0 Å². The zero-order valence-electron chi connectivity index (χ0n) is 14.9. The van der Waals surface area contributed by atoms with Crippen LogP contribution in [0.15, 0.2) is 24.3 Å². The van der Waals surface area contributed by atoms with Crippen LogP contribution in [-0.4, -0.2) is 58.4 Å². The van der Waals surface area contributed by atoms with E-state index >= 15 is 0 Å². The van der Waals surface area contributed by atoms with Crippen molar-refractivity contribution in [2.75, 3.05) is 19.6 Å². The molecule has 1 heterocycles. The predicted octanol–water partition coefficient (Wildman–Crippen LogP) is 2.64. The van der Waals surface area contributed by atoms with Crippen molar-refractivity contribution in [2.45, 2.75) is 45.6 Å². The van der Waals surface area contributed by atoms with Crippen LogP contribution < -0.4 is 0 Å². The first-order valence-corrected chi connectivity index (χ1v) is 8.82. The van der Waals surface area contributed by atoms with E-state index in [1.807, 2.05) is 18.7 Å². The van der Waals surface area contributed by atoms with Gasteiger partial charge in [0, 0.05) is 24.7 Å². The topological polar surface area (TPSA) is 77.9 Å². The lowest BCUT2D eigenvalue weighted by atomic mass is 10.1. The van der Waals surface area contributed by atoms with Gasteiger partial charge in [0.2, 0.25) is 5.91 Å². The highest BCUT2D eigenvalue weighted by atomic mass is 16.4. The zero-order chi connectivity index (χ0) is 18.4. The molecule has 0 atom stereocenters. The van der Waals surface area contributed by atoms with Crippen molar-refractivity contribution in [3.05, 3.63) is 35.4 Å². The number of carboxylic acid groups (broad SMARTS) is 1. The number of carbonyl (C=O) groups is 3. The van der Waals surface area contributed by atoms with Crippen LogP contribution in [-0.2, 0) is 4.79 Å². The van der Waals surface area contributed by atoms with Gasteiger partial charge in [-0.15, -0.1) is 0 Å². The first-order chi connectivity index (χ1) is 11.9. The summed E-state index contributed by atoms with van der Waals surface area (Å²) in [4.78, 5) is 39.9. The summed E-state index contributed by atoms with van der Waals surface area (Å²) in [7, 11) is 0. The van der Waals surface area contributed by atoms with Crippen LogP contribution in [0.5, 0.6) is 0 Å². The number of hydrogen-bond acceptors (Lipinski definition) is 3. The number of amides is 2. The average molecular weight is 346 g/mol. The summed E-state index contributed by atoms with van der Waals surface area (Å²) in [6.07, 6.45) is 4.28. The molecular formula is C19H26N2O4. The third kappa shape index (κ3) is 5.05. The Balaban J connectivity index is 2.13. The van der Waals surface area contributed by atoms with E-state index in [0.717, 1.165) is 38.8 Å². The fourth-order valence-electron chi connectivity index (χ4n) is 3.01. The summed E-state index contributed by atoms with van der Waals surface area (Å²) in [5.41, 5.74) is 0.352. The largest absolute Gasteiger partial charge is 0.478 e. The van der Waals surface area contributed by atoms with Gasteiger partial charge in [0.15, 0.2) is 0 Å². The normalized spacial score (nSPS) is 14.9. The van der Waals surface area contributed by atoms with Crippen LogP contribution >= 0.6 is 0 Å². The highest BCUT2D eigenvalue weighted by molar-refractivity contribution is 5.99. The Bertz CT molecular complexity index is 634. The fourth-order valence-corrected chi connectivity index (χ4v) is 3.01. The summed E-state index contributed by atoms with van der Waals surface area (Å²) < 4.78 is 0. The fraction of sp³-hybridized carbons (Fsp3) is 0.526. The lowest BCUT2D eigenvalue weighted by Gasteiger charge is -2.29. The molecule has 1 aromatic carbocycles. The standard InChI is InChI=1S/C19H26N2O4/c1-14(2)21(13-17(22)20-10-5-3-4-6-11-20)18(23)15-8-7-9-16(12-15)19(24)25/h7-9,12,14H,3-6,10-11,13H2,1-2H3,(H,24,25). The molecule has 0 aliphatic carbocycles. The van der Waals surface area contributed by atoms with Crippen LogP contribution in [0, 0.1) is 0 Å². The van der Waals surface area contributed by atoms with Gasteiger partial charge in [0.1, 0.15) is 6.54 Å². The summed E-state index contributed by atoms with van der Waals surface area (Å²) in [5.74, 6) is -1.44. The van der Waals surface area contributed by atoms with Crippen molar-refractivity contribution in [2.24, 2.45) is 0 Å². The number of nitrogens with zero attached hydrogens (tertiary/aromatic N) is 2. The van der Waals surface area contributed by atoms with Crippen molar-refractivity contribution in [1.82, 2.24) is 9.80 Å². The third-order valence-corrected chi connectivity index (χ3v) is 4.51. The van der Waals surface area contributed by atoms with E-state index in [1.54, 1.807) is 12.1 Å². The molecule has 0 unspecified atom stereocenters. The van der Waals surface area contributed by atoms with Gasteiger partial charge in [-0.25, -0.2) is 4.79 Å². The van der Waals surface area contributed by atoms with Gasteiger partial charge in [-0.2, -0.15) is 0 Å². The Morgan fingerprint density at radius 2 is 1.68 bits per heavy atom. The Kier molecular flexibility index (Phi) is 6.56. The van der Waals surface area contributed by atoms with Crippen LogP contribution in [0.25, 0.3) is 0 Å². The van der Waals surface area contributed by atoms with E-state index in [9.17, 15) is 14.4 Å². The molecule has 1 aliphatic heterocycles. The molecule has 1 fully saturated rings. The SMILES string of the molecule is CC(C)N(CC(=O)N1CCCCCC1)C(=O)c1cccc(C(=O)O)c1. The second-order valence-electron chi connectivity index (χ2n) is 6.71. The van der Waals surface area contributed by atoms with Gasteiger partial charge in [-0.3, -0.25) is 9.59 Å². The van der Waals surface area contributed by atoms with E-state index in [0.29, 0.717) is 0 Å². The number of benzene rings is 1.